The number of phenolic OH excluding ortho intramolecular Hbond substituents is 1. The van der Waals surface area contributed by atoms with E-state index in [4.69, 9.17) is 5.73 Å². The standard InChI is InChI=1S/C10H10FN3O/c1-5-2-6(8(11)3-9(5)15)7-4-13-14-10(7)12/h2-4,15H,1H3,(H3,12,13,14). The Morgan fingerprint density at radius 3 is 2.73 bits per heavy atom. The van der Waals surface area contributed by atoms with Gasteiger partial charge in [0.2, 0.25) is 0 Å². The van der Waals surface area contributed by atoms with Gasteiger partial charge >= 0.3 is 0 Å². The van der Waals surface area contributed by atoms with Crippen LogP contribution in [-0.4, -0.2) is 15.3 Å². The lowest BCUT2D eigenvalue weighted by Gasteiger charge is -2.05. The number of aromatic hydroxyl groups is 1. The molecule has 4 N–H and O–H groups in total. The van der Waals surface area contributed by atoms with Crippen LogP contribution in [0.4, 0.5) is 10.2 Å². The highest BCUT2D eigenvalue weighted by molar-refractivity contribution is 5.74. The van der Waals surface area contributed by atoms with Crippen LogP contribution in [0, 0.1) is 12.7 Å². The Morgan fingerprint density at radius 1 is 1.40 bits per heavy atom. The molecule has 0 atom stereocenters. The van der Waals surface area contributed by atoms with Crippen LogP contribution in [0.2, 0.25) is 0 Å². The molecule has 0 fully saturated rings. The van der Waals surface area contributed by atoms with Gasteiger partial charge in [-0.1, -0.05) is 0 Å². The summed E-state index contributed by atoms with van der Waals surface area (Å²) in [6, 6.07) is 2.60. The summed E-state index contributed by atoms with van der Waals surface area (Å²) in [4.78, 5) is 0. The second-order valence-electron chi connectivity index (χ2n) is 3.32. The van der Waals surface area contributed by atoms with E-state index in [0.29, 0.717) is 22.5 Å². The number of aromatic amines is 1. The summed E-state index contributed by atoms with van der Waals surface area (Å²) >= 11 is 0. The number of rotatable bonds is 1. The van der Waals surface area contributed by atoms with Crippen molar-refractivity contribution in [3.05, 3.63) is 29.7 Å². The van der Waals surface area contributed by atoms with Gasteiger partial charge in [0.25, 0.3) is 0 Å². The smallest absolute Gasteiger partial charge is 0.134 e. The molecule has 0 unspecified atom stereocenters. The average molecular weight is 207 g/mol. The maximum absolute atomic E-state index is 13.5. The van der Waals surface area contributed by atoms with Crippen molar-refractivity contribution in [2.45, 2.75) is 6.92 Å². The number of anilines is 1. The van der Waals surface area contributed by atoms with Crippen LogP contribution in [0.3, 0.4) is 0 Å². The zero-order valence-corrected chi connectivity index (χ0v) is 8.08. The lowest BCUT2D eigenvalue weighted by molar-refractivity contribution is 0.465. The second-order valence-corrected chi connectivity index (χ2v) is 3.32. The minimum atomic E-state index is -0.522. The molecule has 1 aromatic heterocycles. The van der Waals surface area contributed by atoms with Gasteiger partial charge in [-0.05, 0) is 18.6 Å². The summed E-state index contributed by atoms with van der Waals surface area (Å²) in [7, 11) is 0. The zero-order chi connectivity index (χ0) is 11.0. The van der Waals surface area contributed by atoms with E-state index in [0.717, 1.165) is 6.07 Å². The van der Waals surface area contributed by atoms with Gasteiger partial charge in [0.1, 0.15) is 17.4 Å². The zero-order valence-electron chi connectivity index (χ0n) is 8.08. The lowest BCUT2D eigenvalue weighted by atomic mass is 10.0. The average Bonchev–Trinajstić information content (AvgIpc) is 2.58. The fourth-order valence-corrected chi connectivity index (χ4v) is 1.39. The summed E-state index contributed by atoms with van der Waals surface area (Å²) < 4.78 is 13.5. The molecule has 0 radical (unpaired) electrons. The van der Waals surface area contributed by atoms with Crippen molar-refractivity contribution in [1.82, 2.24) is 10.2 Å². The van der Waals surface area contributed by atoms with Gasteiger partial charge in [0.05, 0.1) is 6.20 Å². The van der Waals surface area contributed by atoms with Crippen molar-refractivity contribution in [2.24, 2.45) is 0 Å². The molecule has 5 heteroatoms. The molecule has 0 saturated heterocycles. The molecule has 2 aromatic rings. The molecule has 0 aliphatic heterocycles. The van der Waals surface area contributed by atoms with Crippen molar-refractivity contribution in [3.63, 3.8) is 0 Å². The van der Waals surface area contributed by atoms with Crippen LogP contribution in [0.1, 0.15) is 5.56 Å². The van der Waals surface area contributed by atoms with Crippen LogP contribution in [-0.2, 0) is 0 Å². The SMILES string of the molecule is Cc1cc(-c2cn[nH]c2N)c(F)cc1O. The quantitative estimate of drug-likeness (QED) is 0.667. The number of nitrogens with one attached hydrogen (secondary N) is 1. The Hall–Kier alpha value is -2.04. The predicted octanol–water partition coefficient (Wildman–Crippen LogP) is 1.81. The highest BCUT2D eigenvalue weighted by Crippen LogP contribution is 2.30. The molecule has 1 heterocycles. The first-order valence-corrected chi connectivity index (χ1v) is 4.38. The fourth-order valence-electron chi connectivity index (χ4n) is 1.39. The van der Waals surface area contributed by atoms with Crippen LogP contribution in [0.25, 0.3) is 11.1 Å². The number of nitrogen functional groups attached to an aromatic ring is 1. The highest BCUT2D eigenvalue weighted by Gasteiger charge is 2.12. The van der Waals surface area contributed by atoms with E-state index in [1.807, 2.05) is 0 Å². The summed E-state index contributed by atoms with van der Waals surface area (Å²) in [6.45, 7) is 1.69. The Labute approximate surface area is 85.6 Å². The molecule has 78 valence electrons. The minimum absolute atomic E-state index is 0.0710. The Kier molecular flexibility index (Phi) is 2.07. The van der Waals surface area contributed by atoms with Gasteiger partial charge < -0.3 is 10.8 Å². The normalized spacial score (nSPS) is 10.5. The number of hydrogen-bond acceptors (Lipinski definition) is 3. The largest absolute Gasteiger partial charge is 0.508 e. The minimum Gasteiger partial charge on any atom is -0.508 e. The summed E-state index contributed by atoms with van der Waals surface area (Å²) in [5.74, 6) is -0.288. The second kappa shape index (κ2) is 3.27. The third-order valence-corrected chi connectivity index (χ3v) is 2.24. The van der Waals surface area contributed by atoms with Crippen LogP contribution >= 0.6 is 0 Å². The van der Waals surface area contributed by atoms with Crippen molar-refractivity contribution in [1.29, 1.82) is 0 Å². The first kappa shape index (κ1) is 9.51. The number of halogens is 1. The predicted molar refractivity (Wildman–Crippen MR) is 54.8 cm³/mol. The molecule has 0 saturated carbocycles. The van der Waals surface area contributed by atoms with E-state index < -0.39 is 5.82 Å². The molecular weight excluding hydrogens is 197 g/mol. The maximum Gasteiger partial charge on any atom is 0.134 e. The van der Waals surface area contributed by atoms with Crippen LogP contribution in [0.5, 0.6) is 5.75 Å². The third kappa shape index (κ3) is 1.52. The first-order chi connectivity index (χ1) is 7.09. The van der Waals surface area contributed by atoms with E-state index in [-0.39, 0.29) is 5.75 Å². The molecule has 0 aliphatic rings. The highest BCUT2D eigenvalue weighted by atomic mass is 19.1. The van der Waals surface area contributed by atoms with Gasteiger partial charge in [-0.3, -0.25) is 5.10 Å². The van der Waals surface area contributed by atoms with Crippen molar-refractivity contribution in [2.75, 3.05) is 5.73 Å². The maximum atomic E-state index is 13.5. The van der Waals surface area contributed by atoms with Gasteiger partial charge in [0.15, 0.2) is 0 Å². The number of benzene rings is 1. The van der Waals surface area contributed by atoms with Gasteiger partial charge in [0, 0.05) is 17.2 Å². The number of aryl methyl sites for hydroxylation is 1. The van der Waals surface area contributed by atoms with Gasteiger partial charge in [-0.15, -0.1) is 0 Å². The monoisotopic (exact) mass is 207 g/mol. The molecule has 0 bridgehead atoms. The lowest BCUT2D eigenvalue weighted by Crippen LogP contribution is -1.91. The number of nitrogens with zero attached hydrogens (tertiary/aromatic N) is 1. The molecule has 0 amide bonds. The Bertz CT molecular complexity index is 507. The number of phenols is 1. The van der Waals surface area contributed by atoms with E-state index in [1.54, 1.807) is 6.92 Å². The molecule has 4 nitrogen and oxygen atoms in total. The number of aromatic nitrogens is 2. The molecule has 0 spiro atoms. The number of H-pyrrole nitrogens is 1. The van der Waals surface area contributed by atoms with Gasteiger partial charge in [-0.25, -0.2) is 4.39 Å². The molecule has 15 heavy (non-hydrogen) atoms. The van der Waals surface area contributed by atoms with Crippen molar-refractivity contribution < 1.29 is 9.50 Å². The molecule has 0 aliphatic carbocycles. The van der Waals surface area contributed by atoms with Crippen molar-refractivity contribution >= 4 is 5.82 Å². The fraction of sp³-hybridized carbons (Fsp3) is 0.100. The van der Waals surface area contributed by atoms with E-state index in [1.165, 1.54) is 12.3 Å². The van der Waals surface area contributed by atoms with Crippen LogP contribution in [0.15, 0.2) is 18.3 Å². The summed E-state index contributed by atoms with van der Waals surface area (Å²) in [5.41, 5.74) is 7.00. The molecular formula is C10H10FN3O. The summed E-state index contributed by atoms with van der Waals surface area (Å²) in [6.07, 6.45) is 1.45. The van der Waals surface area contributed by atoms with Crippen molar-refractivity contribution in [3.8, 4) is 16.9 Å². The van der Waals surface area contributed by atoms with E-state index in [9.17, 15) is 9.50 Å². The van der Waals surface area contributed by atoms with Crippen LogP contribution < -0.4 is 5.73 Å². The Balaban J connectivity index is 2.64. The number of hydrogen-bond donors (Lipinski definition) is 3. The molecule has 2 rings (SSSR count). The van der Waals surface area contributed by atoms with E-state index in [2.05, 4.69) is 10.2 Å². The number of nitrogens with two attached hydrogens (primary N) is 1. The molecule has 1 aromatic carbocycles. The van der Waals surface area contributed by atoms with Gasteiger partial charge in [-0.2, -0.15) is 5.10 Å². The van der Waals surface area contributed by atoms with E-state index >= 15 is 0 Å². The third-order valence-electron chi connectivity index (χ3n) is 2.24. The Morgan fingerprint density at radius 2 is 2.13 bits per heavy atom. The summed E-state index contributed by atoms with van der Waals surface area (Å²) in [5, 5.41) is 15.5. The topological polar surface area (TPSA) is 74.9 Å². The first-order valence-electron chi connectivity index (χ1n) is 4.38.